The van der Waals surface area contributed by atoms with Crippen molar-refractivity contribution in [1.29, 1.82) is 0 Å². The van der Waals surface area contributed by atoms with Gasteiger partial charge in [-0.15, -0.1) is 0 Å². The van der Waals surface area contributed by atoms with E-state index in [2.05, 4.69) is 11.9 Å². The number of hydrogen-bond donors (Lipinski definition) is 1. The Kier molecular flexibility index (Phi) is 4.95. The number of amides is 2. The van der Waals surface area contributed by atoms with E-state index in [0.29, 0.717) is 25.3 Å². The number of urea groups is 1. The van der Waals surface area contributed by atoms with E-state index in [1.54, 1.807) is 11.1 Å². The molecule has 20 heavy (non-hydrogen) atoms. The zero-order valence-corrected chi connectivity index (χ0v) is 12.2. The van der Waals surface area contributed by atoms with Gasteiger partial charge in [-0.3, -0.25) is 9.80 Å². The summed E-state index contributed by atoms with van der Waals surface area (Å²) in [5, 5.41) is 9.88. The Morgan fingerprint density at radius 2 is 2.35 bits per heavy atom. The average Bonchev–Trinajstić information content (AvgIpc) is 2.87. The minimum atomic E-state index is -0.655. The summed E-state index contributed by atoms with van der Waals surface area (Å²) in [6, 6.07) is 3.68. The summed E-state index contributed by atoms with van der Waals surface area (Å²) in [6.07, 6.45) is 4.56. The van der Waals surface area contributed by atoms with E-state index in [9.17, 15) is 9.90 Å². The molecule has 0 spiro atoms. The van der Waals surface area contributed by atoms with Crippen LogP contribution >= 0.6 is 0 Å². The summed E-state index contributed by atoms with van der Waals surface area (Å²) in [6.45, 7) is 5.32. The Balaban J connectivity index is 2.18. The van der Waals surface area contributed by atoms with Crippen molar-refractivity contribution in [3.8, 4) is 0 Å². The molecular weight excluding hydrogens is 254 g/mol. The summed E-state index contributed by atoms with van der Waals surface area (Å²) in [5.74, 6) is 0.660. The van der Waals surface area contributed by atoms with E-state index < -0.39 is 6.23 Å². The first kappa shape index (κ1) is 14.8. The van der Waals surface area contributed by atoms with Gasteiger partial charge >= 0.3 is 6.03 Å². The number of rotatable bonds is 4. The van der Waals surface area contributed by atoms with Gasteiger partial charge in [-0.25, -0.2) is 9.78 Å². The van der Waals surface area contributed by atoms with Gasteiger partial charge in [0.2, 0.25) is 0 Å². The van der Waals surface area contributed by atoms with Crippen LogP contribution in [0.15, 0.2) is 18.3 Å². The lowest BCUT2D eigenvalue weighted by Crippen LogP contribution is -2.46. The van der Waals surface area contributed by atoms with Crippen LogP contribution in [-0.4, -0.2) is 40.3 Å². The number of pyridine rings is 1. The maximum Gasteiger partial charge on any atom is 0.327 e. The normalized spacial score (nSPS) is 18.4. The van der Waals surface area contributed by atoms with Gasteiger partial charge in [0, 0.05) is 19.3 Å². The number of aryl methyl sites for hydroxylation is 1. The number of unbranched alkanes of at least 4 members (excludes halogenated alkanes) is 1. The Bertz CT molecular complexity index is 447. The SMILES string of the molecule is CCCCN(C(=O)N1CCCC1O)c1ccc(C)cn1. The minimum absolute atomic E-state index is 0.139. The average molecular weight is 277 g/mol. The third-order valence-corrected chi connectivity index (χ3v) is 3.61. The van der Waals surface area contributed by atoms with Crippen molar-refractivity contribution < 1.29 is 9.90 Å². The highest BCUT2D eigenvalue weighted by Gasteiger charge is 2.31. The molecule has 0 radical (unpaired) electrons. The van der Waals surface area contributed by atoms with E-state index in [-0.39, 0.29) is 6.03 Å². The Labute approximate surface area is 120 Å². The van der Waals surface area contributed by atoms with Crippen molar-refractivity contribution >= 4 is 11.8 Å². The second kappa shape index (κ2) is 6.70. The van der Waals surface area contributed by atoms with Gasteiger partial charge in [-0.05, 0) is 37.8 Å². The fourth-order valence-corrected chi connectivity index (χ4v) is 2.37. The molecule has 1 aliphatic rings. The number of carbonyl (C=O) groups is 1. The van der Waals surface area contributed by atoms with E-state index in [4.69, 9.17) is 0 Å². The van der Waals surface area contributed by atoms with Crippen LogP contribution in [0.1, 0.15) is 38.2 Å². The third kappa shape index (κ3) is 3.28. The van der Waals surface area contributed by atoms with Gasteiger partial charge < -0.3 is 5.11 Å². The lowest BCUT2D eigenvalue weighted by atomic mass is 10.3. The molecule has 1 atom stereocenters. The number of anilines is 1. The van der Waals surface area contributed by atoms with Gasteiger partial charge in [-0.2, -0.15) is 0 Å². The highest BCUT2D eigenvalue weighted by atomic mass is 16.3. The number of nitrogens with zero attached hydrogens (tertiary/aromatic N) is 3. The second-order valence-corrected chi connectivity index (χ2v) is 5.30. The molecule has 1 aromatic heterocycles. The van der Waals surface area contributed by atoms with Crippen LogP contribution in [0.25, 0.3) is 0 Å². The molecule has 0 aromatic carbocycles. The Hall–Kier alpha value is -1.62. The van der Waals surface area contributed by atoms with Crippen LogP contribution in [0.3, 0.4) is 0 Å². The van der Waals surface area contributed by atoms with Gasteiger partial charge in [0.05, 0.1) is 0 Å². The van der Waals surface area contributed by atoms with E-state index in [1.807, 2.05) is 19.1 Å². The Morgan fingerprint density at radius 3 is 2.90 bits per heavy atom. The number of carbonyl (C=O) groups excluding carboxylic acids is 1. The summed E-state index contributed by atoms with van der Waals surface area (Å²) in [4.78, 5) is 20.2. The largest absolute Gasteiger partial charge is 0.373 e. The molecule has 1 N–H and O–H groups in total. The molecule has 1 aromatic rings. The summed E-state index contributed by atoms with van der Waals surface area (Å²) < 4.78 is 0. The molecule has 110 valence electrons. The number of aliphatic hydroxyl groups excluding tert-OH is 1. The summed E-state index contributed by atoms with van der Waals surface area (Å²) in [5.41, 5.74) is 1.07. The maximum atomic E-state index is 12.6. The van der Waals surface area contributed by atoms with Crippen LogP contribution in [0.4, 0.5) is 10.6 Å². The van der Waals surface area contributed by atoms with E-state index >= 15 is 0 Å². The molecular formula is C15H23N3O2. The predicted molar refractivity (Wildman–Crippen MR) is 78.6 cm³/mol. The van der Waals surface area contributed by atoms with Crippen molar-refractivity contribution in [1.82, 2.24) is 9.88 Å². The zero-order valence-electron chi connectivity index (χ0n) is 12.2. The van der Waals surface area contributed by atoms with Gasteiger partial charge in [0.1, 0.15) is 12.0 Å². The molecule has 0 saturated carbocycles. The van der Waals surface area contributed by atoms with Crippen molar-refractivity contribution in [2.24, 2.45) is 0 Å². The maximum absolute atomic E-state index is 12.6. The molecule has 0 bridgehead atoms. The topological polar surface area (TPSA) is 56.7 Å². The smallest absolute Gasteiger partial charge is 0.327 e. The number of hydrogen-bond acceptors (Lipinski definition) is 3. The number of aliphatic hydroxyl groups is 1. The minimum Gasteiger partial charge on any atom is -0.373 e. The standard InChI is InChI=1S/C15H23N3O2/c1-3-4-9-17(13-8-7-12(2)11-16-13)15(20)18-10-5-6-14(18)19/h7-8,11,14,19H,3-6,9-10H2,1-2H3. The van der Waals surface area contributed by atoms with Gasteiger partial charge in [-0.1, -0.05) is 19.4 Å². The fraction of sp³-hybridized carbons (Fsp3) is 0.600. The predicted octanol–water partition coefficient (Wildman–Crippen LogP) is 2.53. The first-order chi connectivity index (χ1) is 9.63. The van der Waals surface area contributed by atoms with Crippen LogP contribution < -0.4 is 4.90 Å². The van der Waals surface area contributed by atoms with Crippen LogP contribution in [0.5, 0.6) is 0 Å². The quantitative estimate of drug-likeness (QED) is 0.920. The van der Waals surface area contributed by atoms with Crippen molar-refractivity contribution in [2.45, 2.75) is 45.8 Å². The van der Waals surface area contributed by atoms with E-state index in [0.717, 1.165) is 24.8 Å². The third-order valence-electron chi connectivity index (χ3n) is 3.61. The zero-order chi connectivity index (χ0) is 14.5. The summed E-state index contributed by atoms with van der Waals surface area (Å²) >= 11 is 0. The highest BCUT2D eigenvalue weighted by Crippen LogP contribution is 2.20. The molecule has 2 rings (SSSR count). The van der Waals surface area contributed by atoms with Gasteiger partial charge in [0.25, 0.3) is 0 Å². The Morgan fingerprint density at radius 1 is 1.55 bits per heavy atom. The number of likely N-dealkylation sites (tertiary alicyclic amines) is 1. The van der Waals surface area contributed by atoms with E-state index in [1.165, 1.54) is 4.90 Å². The number of aromatic nitrogens is 1. The first-order valence-corrected chi connectivity index (χ1v) is 7.32. The summed E-state index contributed by atoms with van der Waals surface area (Å²) in [7, 11) is 0. The van der Waals surface area contributed by atoms with Crippen LogP contribution in [0, 0.1) is 6.92 Å². The van der Waals surface area contributed by atoms with Crippen LogP contribution in [0.2, 0.25) is 0 Å². The molecule has 1 unspecified atom stereocenters. The molecule has 0 aliphatic carbocycles. The van der Waals surface area contributed by atoms with Crippen molar-refractivity contribution in [3.63, 3.8) is 0 Å². The second-order valence-electron chi connectivity index (χ2n) is 5.30. The lowest BCUT2D eigenvalue weighted by molar-refractivity contribution is 0.0640. The highest BCUT2D eigenvalue weighted by molar-refractivity contribution is 5.91. The molecule has 2 heterocycles. The molecule has 5 heteroatoms. The van der Waals surface area contributed by atoms with Gasteiger partial charge in [0.15, 0.2) is 0 Å². The van der Waals surface area contributed by atoms with Crippen LogP contribution in [-0.2, 0) is 0 Å². The monoisotopic (exact) mass is 277 g/mol. The molecule has 1 aliphatic heterocycles. The lowest BCUT2D eigenvalue weighted by Gasteiger charge is -2.29. The molecule has 1 fully saturated rings. The molecule has 2 amide bonds. The van der Waals surface area contributed by atoms with Crippen molar-refractivity contribution in [3.05, 3.63) is 23.9 Å². The molecule has 5 nitrogen and oxygen atoms in total. The first-order valence-electron chi connectivity index (χ1n) is 7.32. The van der Waals surface area contributed by atoms with Crippen molar-refractivity contribution in [2.75, 3.05) is 18.0 Å². The molecule has 1 saturated heterocycles. The fourth-order valence-electron chi connectivity index (χ4n) is 2.37.